The van der Waals surface area contributed by atoms with E-state index in [1.54, 1.807) is 11.3 Å². The molecule has 6 heteroatoms. The van der Waals surface area contributed by atoms with Crippen molar-refractivity contribution in [1.29, 1.82) is 0 Å². The zero-order chi connectivity index (χ0) is 13.9. The van der Waals surface area contributed by atoms with E-state index < -0.39 is 0 Å². The van der Waals surface area contributed by atoms with Crippen LogP contribution in [0.5, 0.6) is 5.75 Å². The average Bonchev–Trinajstić information content (AvgIpc) is 3.06. The number of nitrogens with zero attached hydrogens (tertiary/aromatic N) is 3. The molecule has 0 aliphatic carbocycles. The van der Waals surface area contributed by atoms with Crippen LogP contribution < -0.4 is 10.5 Å². The van der Waals surface area contributed by atoms with Crippen molar-refractivity contribution in [2.75, 3.05) is 12.3 Å². The van der Waals surface area contributed by atoms with Gasteiger partial charge in [0.1, 0.15) is 11.3 Å². The van der Waals surface area contributed by atoms with Crippen LogP contribution in [-0.4, -0.2) is 21.1 Å². The summed E-state index contributed by atoms with van der Waals surface area (Å²) >= 11 is 1.61. The Morgan fingerprint density at radius 1 is 1.40 bits per heavy atom. The van der Waals surface area contributed by atoms with E-state index in [1.165, 1.54) is 0 Å². The fourth-order valence-corrected chi connectivity index (χ4v) is 2.69. The van der Waals surface area contributed by atoms with E-state index >= 15 is 0 Å². The summed E-state index contributed by atoms with van der Waals surface area (Å²) in [5.74, 6) is 1.29. The summed E-state index contributed by atoms with van der Waals surface area (Å²) in [6.07, 6.45) is 2.82. The topological polar surface area (TPSA) is 66.0 Å². The molecule has 0 saturated carbocycles. The summed E-state index contributed by atoms with van der Waals surface area (Å²) in [4.78, 5) is 9.69. The van der Waals surface area contributed by atoms with E-state index in [0.717, 1.165) is 28.1 Å². The largest absolute Gasteiger partial charge is 0.491 e. The highest BCUT2D eigenvalue weighted by Gasteiger charge is 2.13. The SMILES string of the molecule is CCCOc1cccc2c1nc(N)n2Cc1cncs1. The van der Waals surface area contributed by atoms with Gasteiger partial charge in [0.25, 0.3) is 0 Å². The van der Waals surface area contributed by atoms with Gasteiger partial charge in [0.15, 0.2) is 0 Å². The fraction of sp³-hybridized carbons (Fsp3) is 0.286. The van der Waals surface area contributed by atoms with Crippen LogP contribution in [0.1, 0.15) is 18.2 Å². The van der Waals surface area contributed by atoms with Crippen LogP contribution in [0.15, 0.2) is 29.9 Å². The molecule has 3 rings (SSSR count). The summed E-state index contributed by atoms with van der Waals surface area (Å²) < 4.78 is 7.72. The lowest BCUT2D eigenvalue weighted by molar-refractivity contribution is 0.320. The van der Waals surface area contributed by atoms with E-state index in [2.05, 4.69) is 16.9 Å². The van der Waals surface area contributed by atoms with E-state index in [0.29, 0.717) is 19.1 Å². The normalized spacial score (nSPS) is 11.1. The number of fused-ring (bicyclic) bond motifs is 1. The van der Waals surface area contributed by atoms with Crippen molar-refractivity contribution in [2.24, 2.45) is 0 Å². The molecule has 2 N–H and O–H groups in total. The number of nitrogen functional groups attached to an aromatic ring is 1. The first-order valence-electron chi connectivity index (χ1n) is 6.54. The molecule has 0 spiro atoms. The van der Waals surface area contributed by atoms with Crippen molar-refractivity contribution >= 4 is 28.3 Å². The molecule has 0 radical (unpaired) electrons. The van der Waals surface area contributed by atoms with Gasteiger partial charge >= 0.3 is 0 Å². The van der Waals surface area contributed by atoms with E-state index in [9.17, 15) is 0 Å². The molecule has 0 saturated heterocycles. The maximum absolute atomic E-state index is 6.05. The number of ether oxygens (including phenoxy) is 1. The third-order valence-corrected chi connectivity index (χ3v) is 3.79. The van der Waals surface area contributed by atoms with Crippen molar-refractivity contribution in [2.45, 2.75) is 19.9 Å². The Hall–Kier alpha value is -2.08. The molecule has 0 aliphatic heterocycles. The van der Waals surface area contributed by atoms with Gasteiger partial charge in [-0.1, -0.05) is 13.0 Å². The van der Waals surface area contributed by atoms with Crippen LogP contribution in [0.2, 0.25) is 0 Å². The molecule has 2 heterocycles. The molecular weight excluding hydrogens is 272 g/mol. The first kappa shape index (κ1) is 12.9. The Labute approximate surface area is 121 Å². The molecule has 0 aliphatic rings. The second-order valence-electron chi connectivity index (χ2n) is 4.50. The van der Waals surface area contributed by atoms with Crippen LogP contribution >= 0.6 is 11.3 Å². The average molecular weight is 288 g/mol. The number of imidazole rings is 1. The van der Waals surface area contributed by atoms with Crippen molar-refractivity contribution in [3.05, 3.63) is 34.8 Å². The van der Waals surface area contributed by atoms with Gasteiger partial charge in [-0.2, -0.15) is 0 Å². The van der Waals surface area contributed by atoms with Gasteiger partial charge in [0, 0.05) is 11.1 Å². The van der Waals surface area contributed by atoms with Gasteiger partial charge in [-0.3, -0.25) is 4.98 Å². The smallest absolute Gasteiger partial charge is 0.201 e. The molecular formula is C14H16N4OS. The fourth-order valence-electron chi connectivity index (χ4n) is 2.11. The van der Waals surface area contributed by atoms with Crippen molar-refractivity contribution in [3.63, 3.8) is 0 Å². The van der Waals surface area contributed by atoms with Gasteiger partial charge in [0.05, 0.1) is 24.2 Å². The van der Waals surface area contributed by atoms with Gasteiger partial charge in [0.2, 0.25) is 5.95 Å². The standard InChI is InChI=1S/C14H16N4OS/c1-2-6-19-12-5-3-4-11-13(12)17-14(15)18(11)8-10-7-16-9-20-10/h3-5,7,9H,2,6,8H2,1H3,(H2,15,17). The zero-order valence-electron chi connectivity index (χ0n) is 11.2. The van der Waals surface area contributed by atoms with Crippen molar-refractivity contribution in [3.8, 4) is 5.75 Å². The molecule has 3 aromatic rings. The lowest BCUT2D eigenvalue weighted by Gasteiger charge is -2.06. The molecule has 1 aromatic carbocycles. The minimum absolute atomic E-state index is 0.501. The predicted octanol–water partition coefficient (Wildman–Crippen LogP) is 2.91. The van der Waals surface area contributed by atoms with Crippen LogP contribution in [0.25, 0.3) is 11.0 Å². The molecule has 104 valence electrons. The van der Waals surface area contributed by atoms with Crippen LogP contribution in [0.3, 0.4) is 0 Å². The van der Waals surface area contributed by atoms with E-state index in [4.69, 9.17) is 10.5 Å². The number of rotatable bonds is 5. The molecule has 0 atom stereocenters. The lowest BCUT2D eigenvalue weighted by atomic mass is 10.3. The van der Waals surface area contributed by atoms with Crippen LogP contribution in [-0.2, 0) is 6.54 Å². The van der Waals surface area contributed by atoms with Crippen LogP contribution in [0, 0.1) is 0 Å². The molecule has 2 aromatic heterocycles. The molecule has 0 amide bonds. The van der Waals surface area contributed by atoms with E-state index in [1.807, 2.05) is 34.5 Å². The van der Waals surface area contributed by atoms with Crippen molar-refractivity contribution < 1.29 is 4.74 Å². The highest BCUT2D eigenvalue weighted by atomic mass is 32.1. The highest BCUT2D eigenvalue weighted by molar-refractivity contribution is 7.09. The molecule has 0 unspecified atom stereocenters. The zero-order valence-corrected chi connectivity index (χ0v) is 12.1. The number of benzene rings is 1. The summed E-state index contributed by atoms with van der Waals surface area (Å²) in [7, 11) is 0. The highest BCUT2D eigenvalue weighted by Crippen LogP contribution is 2.28. The van der Waals surface area contributed by atoms with Crippen LogP contribution in [0.4, 0.5) is 5.95 Å². The Balaban J connectivity index is 2.02. The summed E-state index contributed by atoms with van der Waals surface area (Å²) in [5.41, 5.74) is 9.68. The lowest BCUT2D eigenvalue weighted by Crippen LogP contribution is -2.03. The van der Waals surface area contributed by atoms with E-state index in [-0.39, 0.29) is 0 Å². The molecule has 20 heavy (non-hydrogen) atoms. The minimum Gasteiger partial charge on any atom is -0.491 e. The van der Waals surface area contributed by atoms with Gasteiger partial charge in [-0.05, 0) is 18.6 Å². The predicted molar refractivity (Wildman–Crippen MR) is 81.1 cm³/mol. The quantitative estimate of drug-likeness (QED) is 0.784. The Kier molecular flexibility index (Phi) is 3.56. The second kappa shape index (κ2) is 5.50. The third kappa shape index (κ3) is 2.34. The maximum atomic E-state index is 6.05. The molecule has 5 nitrogen and oxygen atoms in total. The minimum atomic E-state index is 0.501. The third-order valence-electron chi connectivity index (χ3n) is 3.03. The Morgan fingerprint density at radius 2 is 2.30 bits per heavy atom. The Morgan fingerprint density at radius 3 is 3.05 bits per heavy atom. The Bertz CT molecular complexity index is 705. The molecule has 0 fully saturated rings. The number of nitrogens with two attached hydrogens (primary N) is 1. The summed E-state index contributed by atoms with van der Waals surface area (Å²) in [6, 6.07) is 5.91. The number of hydrogen-bond donors (Lipinski definition) is 1. The van der Waals surface area contributed by atoms with Gasteiger partial charge < -0.3 is 15.0 Å². The first-order valence-corrected chi connectivity index (χ1v) is 7.42. The number of anilines is 1. The number of hydrogen-bond acceptors (Lipinski definition) is 5. The molecule has 0 bridgehead atoms. The maximum Gasteiger partial charge on any atom is 0.201 e. The summed E-state index contributed by atoms with van der Waals surface area (Å²) in [5, 5.41) is 0. The van der Waals surface area contributed by atoms with Crippen molar-refractivity contribution in [1.82, 2.24) is 14.5 Å². The van der Waals surface area contributed by atoms with Gasteiger partial charge in [-0.25, -0.2) is 4.98 Å². The first-order chi connectivity index (χ1) is 9.79. The summed E-state index contributed by atoms with van der Waals surface area (Å²) in [6.45, 7) is 3.45. The number of thiazole rings is 1. The second-order valence-corrected chi connectivity index (χ2v) is 5.47. The number of para-hydroxylation sites is 1. The monoisotopic (exact) mass is 288 g/mol. The van der Waals surface area contributed by atoms with Gasteiger partial charge in [-0.15, -0.1) is 11.3 Å². The number of aromatic nitrogens is 3.